The Morgan fingerprint density at radius 3 is 2.71 bits per heavy atom. The van der Waals surface area contributed by atoms with Crippen molar-refractivity contribution in [3.05, 3.63) is 70.4 Å². The summed E-state index contributed by atoms with van der Waals surface area (Å²) in [5.41, 5.74) is 2.87. The monoisotopic (exact) mass is 415 g/mol. The molecule has 1 aliphatic rings. The quantitative estimate of drug-likeness (QED) is 0.703. The fraction of sp³-hybridized carbons (Fsp3) is 0.238. The van der Waals surface area contributed by atoms with Crippen LogP contribution >= 0.6 is 23.8 Å². The van der Waals surface area contributed by atoms with Crippen molar-refractivity contribution in [2.45, 2.75) is 19.9 Å². The number of rotatable bonds is 5. The zero-order chi connectivity index (χ0) is 20.3. The van der Waals surface area contributed by atoms with E-state index in [0.717, 1.165) is 11.3 Å². The maximum absolute atomic E-state index is 13.3. The third kappa shape index (κ3) is 3.98. The first-order chi connectivity index (χ1) is 13.5. The first kappa shape index (κ1) is 20.2. The molecule has 0 bridgehead atoms. The molecule has 0 saturated heterocycles. The summed E-state index contributed by atoms with van der Waals surface area (Å²) < 4.78 is 5.35. The second kappa shape index (κ2) is 8.63. The van der Waals surface area contributed by atoms with Crippen molar-refractivity contribution in [3.63, 3.8) is 0 Å². The zero-order valence-corrected chi connectivity index (χ0v) is 17.5. The molecule has 28 heavy (non-hydrogen) atoms. The minimum atomic E-state index is -0.399. The van der Waals surface area contributed by atoms with E-state index in [4.69, 9.17) is 28.6 Å². The van der Waals surface area contributed by atoms with Crippen LogP contribution in [0.25, 0.3) is 0 Å². The van der Waals surface area contributed by atoms with Gasteiger partial charge in [0.05, 0.1) is 24.4 Å². The van der Waals surface area contributed by atoms with Gasteiger partial charge in [0.2, 0.25) is 0 Å². The topological polar surface area (TPSA) is 53.6 Å². The van der Waals surface area contributed by atoms with Gasteiger partial charge in [0.15, 0.2) is 5.11 Å². The predicted molar refractivity (Wildman–Crippen MR) is 117 cm³/mol. The van der Waals surface area contributed by atoms with Crippen LogP contribution in [0.15, 0.2) is 59.8 Å². The second-order valence-electron chi connectivity index (χ2n) is 6.34. The minimum Gasteiger partial charge on any atom is -0.495 e. The van der Waals surface area contributed by atoms with Crippen molar-refractivity contribution in [2.24, 2.45) is 0 Å². The first-order valence-electron chi connectivity index (χ1n) is 8.94. The van der Waals surface area contributed by atoms with E-state index in [2.05, 4.69) is 10.6 Å². The highest BCUT2D eigenvalue weighted by Crippen LogP contribution is 2.33. The van der Waals surface area contributed by atoms with Gasteiger partial charge >= 0.3 is 0 Å². The molecule has 0 saturated carbocycles. The highest BCUT2D eigenvalue weighted by Gasteiger charge is 2.33. The van der Waals surface area contributed by atoms with Crippen molar-refractivity contribution < 1.29 is 9.53 Å². The number of carbonyl (C=O) groups excluding carboxylic acids is 1. The summed E-state index contributed by atoms with van der Waals surface area (Å²) in [6.45, 7) is 4.56. The van der Waals surface area contributed by atoms with Gasteiger partial charge in [-0.05, 0) is 55.9 Å². The molecule has 2 N–H and O–H groups in total. The number of carbonyl (C=O) groups is 1. The Labute approximate surface area is 175 Å². The van der Waals surface area contributed by atoms with Crippen LogP contribution in [-0.4, -0.2) is 29.6 Å². The number of methoxy groups -OCH3 is 1. The van der Waals surface area contributed by atoms with E-state index < -0.39 is 6.04 Å². The lowest BCUT2D eigenvalue weighted by Crippen LogP contribution is -2.48. The van der Waals surface area contributed by atoms with Gasteiger partial charge in [-0.3, -0.25) is 4.79 Å². The van der Waals surface area contributed by atoms with Crippen LogP contribution in [0.4, 0.5) is 5.69 Å². The summed E-state index contributed by atoms with van der Waals surface area (Å²) in [7, 11) is 1.57. The van der Waals surface area contributed by atoms with Gasteiger partial charge in [-0.2, -0.15) is 0 Å². The van der Waals surface area contributed by atoms with Gasteiger partial charge in [0.1, 0.15) is 5.75 Å². The molecule has 0 spiro atoms. The van der Waals surface area contributed by atoms with E-state index in [1.807, 2.05) is 49.1 Å². The molecule has 1 amide bonds. The number of allylic oxidation sites excluding steroid dienone is 1. The molecule has 1 heterocycles. The third-order valence-electron chi connectivity index (χ3n) is 4.69. The predicted octanol–water partition coefficient (Wildman–Crippen LogP) is 4.51. The number of hydrogen-bond donors (Lipinski definition) is 2. The van der Waals surface area contributed by atoms with E-state index in [0.29, 0.717) is 33.7 Å². The SMILES string of the molecule is CCN1C(=S)N[C@@H](c2cccc(Cl)c2)C(C(=O)Nc2ccccc2OC)=C1C. The highest BCUT2D eigenvalue weighted by atomic mass is 35.5. The molecular formula is C21H22ClN3O2S. The third-order valence-corrected chi connectivity index (χ3v) is 5.27. The molecule has 2 aromatic rings. The maximum atomic E-state index is 13.3. The number of nitrogens with one attached hydrogen (secondary N) is 2. The van der Waals surface area contributed by atoms with E-state index in [-0.39, 0.29) is 5.91 Å². The van der Waals surface area contributed by atoms with E-state index in [9.17, 15) is 4.79 Å². The molecule has 0 radical (unpaired) electrons. The zero-order valence-electron chi connectivity index (χ0n) is 16.0. The van der Waals surface area contributed by atoms with Gasteiger partial charge in [0.25, 0.3) is 5.91 Å². The van der Waals surface area contributed by atoms with Gasteiger partial charge in [-0.25, -0.2) is 0 Å². The van der Waals surface area contributed by atoms with E-state index in [1.54, 1.807) is 25.3 Å². The standard InChI is InChI=1S/C21H22ClN3O2S/c1-4-25-13(2)18(20(26)23-16-10-5-6-11-17(16)27-3)19(24-21(25)28)14-8-7-9-15(22)12-14/h5-12,19H,4H2,1-3H3,(H,23,26)(H,24,28)/t19-/m0/s1. The molecule has 3 rings (SSSR count). The number of hydrogen-bond acceptors (Lipinski definition) is 3. The minimum absolute atomic E-state index is 0.222. The van der Waals surface area contributed by atoms with E-state index in [1.165, 1.54) is 0 Å². The summed E-state index contributed by atoms with van der Waals surface area (Å²) in [6, 6.07) is 14.3. The van der Waals surface area contributed by atoms with Crippen LogP contribution in [0.1, 0.15) is 25.5 Å². The molecule has 1 atom stereocenters. The number of ether oxygens (including phenoxy) is 1. The first-order valence-corrected chi connectivity index (χ1v) is 9.73. The molecule has 5 nitrogen and oxygen atoms in total. The summed E-state index contributed by atoms with van der Waals surface area (Å²) >= 11 is 11.7. The number of para-hydroxylation sites is 2. The number of benzene rings is 2. The summed E-state index contributed by atoms with van der Waals surface area (Å²) in [5.74, 6) is 0.375. The molecular weight excluding hydrogens is 394 g/mol. The molecule has 1 aliphatic heterocycles. The molecule has 0 aliphatic carbocycles. The Balaban J connectivity index is 2.04. The van der Waals surface area contributed by atoms with Crippen LogP contribution in [-0.2, 0) is 4.79 Å². The Hall–Kier alpha value is -2.57. The van der Waals surface area contributed by atoms with Crippen LogP contribution in [0.3, 0.4) is 0 Å². The van der Waals surface area contributed by atoms with Crippen molar-refractivity contribution in [1.29, 1.82) is 0 Å². The lowest BCUT2D eigenvalue weighted by molar-refractivity contribution is -0.113. The van der Waals surface area contributed by atoms with Crippen molar-refractivity contribution >= 4 is 40.5 Å². The summed E-state index contributed by atoms with van der Waals surface area (Å²) in [4.78, 5) is 15.2. The normalized spacial score (nSPS) is 16.6. The van der Waals surface area contributed by atoms with Gasteiger partial charge in [-0.15, -0.1) is 0 Å². The van der Waals surface area contributed by atoms with E-state index >= 15 is 0 Å². The number of thiocarbonyl (C=S) groups is 1. The smallest absolute Gasteiger partial charge is 0.255 e. The van der Waals surface area contributed by atoms with Crippen molar-refractivity contribution in [3.8, 4) is 5.75 Å². The van der Waals surface area contributed by atoms with Crippen molar-refractivity contribution in [2.75, 3.05) is 19.0 Å². The van der Waals surface area contributed by atoms with Gasteiger partial charge < -0.3 is 20.3 Å². The Morgan fingerprint density at radius 2 is 2.04 bits per heavy atom. The average Bonchev–Trinajstić information content (AvgIpc) is 2.68. The van der Waals surface area contributed by atoms with Gasteiger partial charge in [-0.1, -0.05) is 35.9 Å². The van der Waals surface area contributed by atoms with Crippen LogP contribution in [0.2, 0.25) is 5.02 Å². The number of amides is 1. The van der Waals surface area contributed by atoms with Crippen LogP contribution in [0, 0.1) is 0 Å². The molecule has 0 fully saturated rings. The van der Waals surface area contributed by atoms with Crippen LogP contribution < -0.4 is 15.4 Å². The number of anilines is 1. The fourth-order valence-electron chi connectivity index (χ4n) is 3.33. The van der Waals surface area contributed by atoms with Crippen molar-refractivity contribution in [1.82, 2.24) is 10.2 Å². The maximum Gasteiger partial charge on any atom is 0.255 e. The summed E-state index contributed by atoms with van der Waals surface area (Å²) in [5, 5.41) is 7.44. The Kier molecular flexibility index (Phi) is 6.21. The summed E-state index contributed by atoms with van der Waals surface area (Å²) in [6.07, 6.45) is 0. The number of nitrogens with zero attached hydrogens (tertiary/aromatic N) is 1. The van der Waals surface area contributed by atoms with Crippen LogP contribution in [0.5, 0.6) is 5.75 Å². The fourth-order valence-corrected chi connectivity index (χ4v) is 3.91. The molecule has 2 aromatic carbocycles. The molecule has 0 unspecified atom stereocenters. The second-order valence-corrected chi connectivity index (χ2v) is 7.16. The Bertz CT molecular complexity index is 945. The number of halogens is 1. The highest BCUT2D eigenvalue weighted by molar-refractivity contribution is 7.80. The molecule has 146 valence electrons. The largest absolute Gasteiger partial charge is 0.495 e. The average molecular weight is 416 g/mol. The van der Waals surface area contributed by atoms with Gasteiger partial charge in [0, 0.05) is 17.3 Å². The molecule has 0 aromatic heterocycles. The lowest BCUT2D eigenvalue weighted by Gasteiger charge is -2.37. The Morgan fingerprint density at radius 1 is 1.29 bits per heavy atom. The lowest BCUT2D eigenvalue weighted by atomic mass is 9.94. The molecule has 7 heteroatoms.